The molecule has 10 heavy (non-hydrogen) atoms. The molecule has 0 aromatic rings. The lowest BCUT2D eigenvalue weighted by Gasteiger charge is -2.06. The molecule has 2 heteroatoms. The molecule has 0 unspecified atom stereocenters. The van der Waals surface area contributed by atoms with Crippen molar-refractivity contribution < 1.29 is 4.79 Å². The maximum Gasteiger partial charge on any atom is 0.146 e. The summed E-state index contributed by atoms with van der Waals surface area (Å²) >= 11 is 0. The van der Waals surface area contributed by atoms with E-state index in [1.807, 2.05) is 19.0 Å². The van der Waals surface area contributed by atoms with Gasteiger partial charge in [0.2, 0.25) is 0 Å². The molecule has 0 aliphatic carbocycles. The van der Waals surface area contributed by atoms with Crippen LogP contribution in [0.5, 0.6) is 0 Å². The van der Waals surface area contributed by atoms with E-state index in [-0.39, 0.29) is 0 Å². The highest BCUT2D eigenvalue weighted by Crippen LogP contribution is 1.95. The van der Waals surface area contributed by atoms with E-state index in [2.05, 4.69) is 6.92 Å². The minimum Gasteiger partial charge on any atom is -0.302 e. The Morgan fingerprint density at radius 3 is 2.40 bits per heavy atom. The molecule has 0 heterocycles. The quantitative estimate of drug-likeness (QED) is 0.578. The van der Waals surface area contributed by atoms with Gasteiger partial charge in [0.25, 0.3) is 0 Å². The Bertz CT molecular complexity index is 99.4. The van der Waals surface area contributed by atoms with Gasteiger partial charge in [0.05, 0.1) is 6.54 Å². The summed E-state index contributed by atoms with van der Waals surface area (Å²) < 4.78 is 0. The number of rotatable bonds is 5. The van der Waals surface area contributed by atoms with Gasteiger partial charge in [0.15, 0.2) is 0 Å². The van der Waals surface area contributed by atoms with Gasteiger partial charge in [-0.2, -0.15) is 0 Å². The average molecular weight is 143 g/mol. The van der Waals surface area contributed by atoms with Crippen molar-refractivity contribution in [3.8, 4) is 0 Å². The zero-order chi connectivity index (χ0) is 7.98. The lowest BCUT2D eigenvalue weighted by atomic mass is 10.2. The lowest BCUT2D eigenvalue weighted by Crippen LogP contribution is -2.21. The van der Waals surface area contributed by atoms with Crippen molar-refractivity contribution in [1.29, 1.82) is 0 Å². The Balaban J connectivity index is 3.26. The third-order valence-corrected chi connectivity index (χ3v) is 1.30. The molecule has 0 rings (SSSR count). The zero-order valence-corrected chi connectivity index (χ0v) is 7.18. The molecule has 0 fully saturated rings. The van der Waals surface area contributed by atoms with E-state index in [9.17, 15) is 4.79 Å². The molecule has 2 nitrogen and oxygen atoms in total. The van der Waals surface area contributed by atoms with Crippen LogP contribution in [-0.2, 0) is 4.79 Å². The van der Waals surface area contributed by atoms with Crippen LogP contribution in [0.4, 0.5) is 0 Å². The van der Waals surface area contributed by atoms with Gasteiger partial charge in [-0.3, -0.25) is 4.79 Å². The first-order valence-electron chi connectivity index (χ1n) is 3.83. The van der Waals surface area contributed by atoms with Crippen LogP contribution in [0, 0.1) is 0 Å². The van der Waals surface area contributed by atoms with Crippen LogP contribution >= 0.6 is 0 Å². The fourth-order valence-corrected chi connectivity index (χ4v) is 0.806. The topological polar surface area (TPSA) is 20.3 Å². The van der Waals surface area contributed by atoms with Gasteiger partial charge in [-0.15, -0.1) is 0 Å². The monoisotopic (exact) mass is 143 g/mol. The van der Waals surface area contributed by atoms with E-state index in [0.717, 1.165) is 19.3 Å². The maximum absolute atomic E-state index is 11.0. The second kappa shape index (κ2) is 5.42. The standard InChI is InChI=1S/C8H17NO/c1-4-5-6-8(10)7-9(2)3/h4-7H2,1-3H3. The largest absolute Gasteiger partial charge is 0.302 e. The number of nitrogens with zero attached hydrogens (tertiary/aromatic N) is 1. The number of unbranched alkanes of at least 4 members (excludes halogenated alkanes) is 1. The molecule has 0 aromatic heterocycles. The summed E-state index contributed by atoms with van der Waals surface area (Å²) in [6.07, 6.45) is 2.89. The van der Waals surface area contributed by atoms with E-state index >= 15 is 0 Å². The first-order valence-corrected chi connectivity index (χ1v) is 3.83. The van der Waals surface area contributed by atoms with E-state index < -0.39 is 0 Å². The fraction of sp³-hybridized carbons (Fsp3) is 0.875. The van der Waals surface area contributed by atoms with Crippen molar-refractivity contribution in [3.63, 3.8) is 0 Å². The van der Waals surface area contributed by atoms with Crippen LogP contribution in [0.15, 0.2) is 0 Å². The average Bonchev–Trinajstić information content (AvgIpc) is 1.82. The van der Waals surface area contributed by atoms with Gasteiger partial charge in [-0.25, -0.2) is 0 Å². The normalized spacial score (nSPS) is 10.4. The molecule has 0 aliphatic heterocycles. The number of ketones is 1. The number of hydrogen-bond acceptors (Lipinski definition) is 2. The SMILES string of the molecule is CCCCC(=O)CN(C)C. The van der Waals surface area contributed by atoms with Crippen LogP contribution in [0.1, 0.15) is 26.2 Å². The summed E-state index contributed by atoms with van der Waals surface area (Å²) in [6.45, 7) is 2.70. The van der Waals surface area contributed by atoms with Crippen LogP contribution < -0.4 is 0 Å². The molecule has 0 saturated heterocycles. The summed E-state index contributed by atoms with van der Waals surface area (Å²) in [6, 6.07) is 0. The second-order valence-electron chi connectivity index (χ2n) is 2.88. The van der Waals surface area contributed by atoms with Crippen LogP contribution in [0.25, 0.3) is 0 Å². The van der Waals surface area contributed by atoms with Gasteiger partial charge < -0.3 is 4.90 Å². The van der Waals surface area contributed by atoms with Gasteiger partial charge in [0, 0.05) is 6.42 Å². The highest BCUT2D eigenvalue weighted by molar-refractivity contribution is 5.80. The Morgan fingerprint density at radius 2 is 2.00 bits per heavy atom. The first-order chi connectivity index (χ1) is 4.66. The zero-order valence-electron chi connectivity index (χ0n) is 7.18. The molecular formula is C8H17NO. The molecular weight excluding hydrogens is 126 g/mol. The number of likely N-dealkylation sites (N-methyl/N-ethyl adjacent to an activating group) is 1. The molecule has 0 radical (unpaired) electrons. The molecule has 60 valence electrons. The summed E-state index contributed by atoms with van der Waals surface area (Å²) in [5, 5.41) is 0. The molecule has 0 N–H and O–H groups in total. The maximum atomic E-state index is 11.0. The molecule has 0 bridgehead atoms. The first kappa shape index (κ1) is 9.63. The number of carbonyl (C=O) groups excluding carboxylic acids is 1. The van der Waals surface area contributed by atoms with Crippen molar-refractivity contribution in [2.24, 2.45) is 0 Å². The summed E-state index contributed by atoms with van der Waals surface area (Å²) in [5.41, 5.74) is 0. The van der Waals surface area contributed by atoms with Crippen molar-refractivity contribution >= 4 is 5.78 Å². The molecule has 0 aromatic carbocycles. The molecule has 0 spiro atoms. The lowest BCUT2D eigenvalue weighted by molar-refractivity contribution is -0.119. The highest BCUT2D eigenvalue weighted by Gasteiger charge is 2.00. The molecule has 0 aliphatic rings. The predicted molar refractivity (Wildman–Crippen MR) is 43.1 cm³/mol. The van der Waals surface area contributed by atoms with E-state index in [1.54, 1.807) is 0 Å². The Hall–Kier alpha value is -0.370. The summed E-state index contributed by atoms with van der Waals surface area (Å²) in [4.78, 5) is 12.9. The van der Waals surface area contributed by atoms with Crippen molar-refractivity contribution in [1.82, 2.24) is 4.90 Å². The van der Waals surface area contributed by atoms with E-state index in [0.29, 0.717) is 12.3 Å². The van der Waals surface area contributed by atoms with E-state index in [1.165, 1.54) is 0 Å². The van der Waals surface area contributed by atoms with Gasteiger partial charge in [0.1, 0.15) is 5.78 Å². The smallest absolute Gasteiger partial charge is 0.146 e. The highest BCUT2D eigenvalue weighted by atomic mass is 16.1. The van der Waals surface area contributed by atoms with Crippen LogP contribution in [-0.4, -0.2) is 31.3 Å². The Labute approximate surface area is 63.2 Å². The third-order valence-electron chi connectivity index (χ3n) is 1.30. The van der Waals surface area contributed by atoms with E-state index in [4.69, 9.17) is 0 Å². The molecule has 0 amide bonds. The Kier molecular flexibility index (Phi) is 5.22. The minimum absolute atomic E-state index is 0.354. The van der Waals surface area contributed by atoms with Crippen molar-refractivity contribution in [2.75, 3.05) is 20.6 Å². The number of Topliss-reactive ketones (excluding diaryl/α,β-unsaturated/α-hetero) is 1. The van der Waals surface area contributed by atoms with Gasteiger partial charge in [-0.1, -0.05) is 13.3 Å². The van der Waals surface area contributed by atoms with Crippen molar-refractivity contribution in [2.45, 2.75) is 26.2 Å². The van der Waals surface area contributed by atoms with Gasteiger partial charge in [-0.05, 0) is 20.5 Å². The number of carbonyl (C=O) groups is 1. The molecule has 0 saturated carbocycles. The van der Waals surface area contributed by atoms with Crippen LogP contribution in [0.3, 0.4) is 0 Å². The summed E-state index contributed by atoms with van der Waals surface area (Å²) in [5.74, 6) is 0.354. The third kappa shape index (κ3) is 5.76. The fourth-order valence-electron chi connectivity index (χ4n) is 0.806. The second-order valence-corrected chi connectivity index (χ2v) is 2.88. The van der Waals surface area contributed by atoms with Gasteiger partial charge >= 0.3 is 0 Å². The summed E-state index contributed by atoms with van der Waals surface area (Å²) in [7, 11) is 3.84. The molecule has 0 atom stereocenters. The number of hydrogen-bond donors (Lipinski definition) is 0. The van der Waals surface area contributed by atoms with Crippen LogP contribution in [0.2, 0.25) is 0 Å². The Morgan fingerprint density at radius 1 is 1.40 bits per heavy atom. The minimum atomic E-state index is 0.354. The van der Waals surface area contributed by atoms with Crippen molar-refractivity contribution in [3.05, 3.63) is 0 Å². The predicted octanol–water partition coefficient (Wildman–Crippen LogP) is 1.31.